The first kappa shape index (κ1) is 22.1. The van der Waals surface area contributed by atoms with Crippen LogP contribution >= 0.6 is 0 Å². The van der Waals surface area contributed by atoms with Crippen molar-refractivity contribution in [2.75, 3.05) is 17.3 Å². The van der Waals surface area contributed by atoms with Crippen LogP contribution in [0.1, 0.15) is 52.9 Å². The fourth-order valence-corrected chi connectivity index (χ4v) is 3.66. The molecule has 0 saturated heterocycles. The number of anilines is 2. The zero-order valence-electron chi connectivity index (χ0n) is 18.3. The van der Waals surface area contributed by atoms with Crippen LogP contribution in [0.2, 0.25) is 0 Å². The molecule has 2 amide bonds. The van der Waals surface area contributed by atoms with E-state index in [9.17, 15) is 19.2 Å². The van der Waals surface area contributed by atoms with E-state index in [1.54, 1.807) is 52.0 Å². The topological polar surface area (TPSA) is 118 Å². The van der Waals surface area contributed by atoms with E-state index >= 15 is 0 Å². The van der Waals surface area contributed by atoms with Gasteiger partial charge >= 0.3 is 11.9 Å². The highest BCUT2D eigenvalue weighted by Crippen LogP contribution is 2.37. The van der Waals surface area contributed by atoms with Crippen molar-refractivity contribution in [3.63, 3.8) is 0 Å². The molecule has 0 aliphatic carbocycles. The Hall–Kier alpha value is -3.62. The number of fused-ring (bicyclic) bond motifs is 1. The predicted molar refractivity (Wildman–Crippen MR) is 113 cm³/mol. The summed E-state index contributed by atoms with van der Waals surface area (Å²) in [6.45, 7) is 7.90. The number of H-pyrrole nitrogens is 1. The minimum Gasteiger partial charge on any atom is -0.465 e. The molecule has 0 fully saturated rings. The van der Waals surface area contributed by atoms with E-state index in [-0.39, 0.29) is 17.2 Å². The van der Waals surface area contributed by atoms with E-state index in [2.05, 4.69) is 10.3 Å². The lowest BCUT2D eigenvalue weighted by molar-refractivity contribution is -0.131. The van der Waals surface area contributed by atoms with Gasteiger partial charge in [-0.2, -0.15) is 0 Å². The number of esters is 2. The number of hydrogen-bond acceptors (Lipinski definition) is 6. The highest BCUT2D eigenvalue weighted by molar-refractivity contribution is 6.15. The van der Waals surface area contributed by atoms with Crippen molar-refractivity contribution in [3.05, 3.63) is 46.8 Å². The van der Waals surface area contributed by atoms with Crippen LogP contribution in [0.3, 0.4) is 0 Å². The van der Waals surface area contributed by atoms with Gasteiger partial charge in [-0.05, 0) is 52.3 Å². The molecule has 9 nitrogen and oxygen atoms in total. The third-order valence-electron chi connectivity index (χ3n) is 5.39. The van der Waals surface area contributed by atoms with E-state index in [1.165, 1.54) is 18.9 Å². The number of methoxy groups -OCH3 is 1. The van der Waals surface area contributed by atoms with Gasteiger partial charge in [0.15, 0.2) is 6.10 Å². The fourth-order valence-electron chi connectivity index (χ4n) is 3.66. The predicted octanol–water partition coefficient (Wildman–Crippen LogP) is 2.73. The minimum atomic E-state index is -1.19. The molecule has 2 aromatic rings. The van der Waals surface area contributed by atoms with Crippen molar-refractivity contribution in [1.29, 1.82) is 0 Å². The number of amides is 2. The molecule has 0 unspecified atom stereocenters. The Morgan fingerprint density at radius 1 is 1.10 bits per heavy atom. The molecule has 1 aromatic carbocycles. The average molecular weight is 427 g/mol. The van der Waals surface area contributed by atoms with Crippen molar-refractivity contribution >= 4 is 35.1 Å². The Kier molecular flexibility index (Phi) is 5.62. The SMILES string of the molecule is COC(=O)c1c(C)[nH]c(C(=O)O[C@H](C)C(=O)N2c3ccccc3NC(=O)C2(C)C)c1C. The molecule has 0 spiro atoms. The second kappa shape index (κ2) is 7.90. The third kappa shape index (κ3) is 3.67. The molecular weight excluding hydrogens is 402 g/mol. The number of aromatic amines is 1. The number of carbonyl (C=O) groups excluding carboxylic acids is 4. The van der Waals surface area contributed by atoms with Crippen LogP contribution in [0.4, 0.5) is 11.4 Å². The van der Waals surface area contributed by atoms with Gasteiger partial charge in [0.25, 0.3) is 5.91 Å². The van der Waals surface area contributed by atoms with Gasteiger partial charge in [0, 0.05) is 5.69 Å². The van der Waals surface area contributed by atoms with Gasteiger partial charge in [-0.15, -0.1) is 0 Å². The first-order chi connectivity index (χ1) is 14.5. The average Bonchev–Trinajstić information content (AvgIpc) is 3.02. The van der Waals surface area contributed by atoms with Gasteiger partial charge in [-0.1, -0.05) is 12.1 Å². The number of nitrogens with zero attached hydrogens (tertiary/aromatic N) is 1. The minimum absolute atomic E-state index is 0.0635. The lowest BCUT2D eigenvalue weighted by Crippen LogP contribution is -2.60. The molecule has 1 aliphatic rings. The standard InChI is InChI=1S/C22H25N3O6/c1-11-16(19(27)30-6)12(2)23-17(11)20(28)31-13(3)18(26)25-15-10-8-7-9-14(15)24-21(29)22(25,4)5/h7-10,13,23H,1-6H3,(H,24,29)/t13-/m1/s1. The van der Waals surface area contributed by atoms with E-state index in [1.807, 2.05) is 0 Å². The number of nitrogens with one attached hydrogen (secondary N) is 2. The van der Waals surface area contributed by atoms with Crippen LogP contribution in [-0.4, -0.2) is 47.5 Å². The van der Waals surface area contributed by atoms with Crippen LogP contribution < -0.4 is 10.2 Å². The monoisotopic (exact) mass is 427 g/mol. The Morgan fingerprint density at radius 2 is 1.74 bits per heavy atom. The van der Waals surface area contributed by atoms with E-state index in [0.717, 1.165) is 0 Å². The van der Waals surface area contributed by atoms with Gasteiger partial charge in [0.1, 0.15) is 11.2 Å². The van der Waals surface area contributed by atoms with Crippen molar-refractivity contribution in [3.8, 4) is 0 Å². The quantitative estimate of drug-likeness (QED) is 0.725. The Balaban J connectivity index is 1.88. The Labute approximate surface area is 179 Å². The molecular formula is C22H25N3O6. The van der Waals surface area contributed by atoms with Gasteiger partial charge in [0.05, 0.1) is 24.0 Å². The second-order valence-electron chi connectivity index (χ2n) is 7.87. The van der Waals surface area contributed by atoms with Gasteiger partial charge in [0.2, 0.25) is 5.91 Å². The zero-order chi connectivity index (χ0) is 23.1. The highest BCUT2D eigenvalue weighted by Gasteiger charge is 2.45. The highest BCUT2D eigenvalue weighted by atomic mass is 16.5. The molecule has 1 atom stereocenters. The smallest absolute Gasteiger partial charge is 0.355 e. The van der Waals surface area contributed by atoms with Gasteiger partial charge in [-0.3, -0.25) is 14.5 Å². The van der Waals surface area contributed by atoms with Crippen LogP contribution in [-0.2, 0) is 19.1 Å². The van der Waals surface area contributed by atoms with Crippen molar-refractivity contribution in [2.45, 2.75) is 46.3 Å². The first-order valence-electron chi connectivity index (χ1n) is 9.73. The first-order valence-corrected chi connectivity index (χ1v) is 9.73. The summed E-state index contributed by atoms with van der Waals surface area (Å²) < 4.78 is 10.2. The van der Waals surface area contributed by atoms with Crippen LogP contribution in [0.5, 0.6) is 0 Å². The molecule has 31 heavy (non-hydrogen) atoms. The van der Waals surface area contributed by atoms with E-state index in [4.69, 9.17) is 9.47 Å². The molecule has 0 saturated carbocycles. The van der Waals surface area contributed by atoms with Crippen molar-refractivity contribution in [2.24, 2.45) is 0 Å². The molecule has 2 N–H and O–H groups in total. The summed E-state index contributed by atoms with van der Waals surface area (Å²) in [5.41, 5.74) is 0.959. The van der Waals surface area contributed by atoms with E-state index < -0.39 is 29.5 Å². The van der Waals surface area contributed by atoms with Crippen molar-refractivity contribution < 1.29 is 28.7 Å². The van der Waals surface area contributed by atoms with E-state index in [0.29, 0.717) is 22.6 Å². The maximum absolute atomic E-state index is 13.3. The number of hydrogen-bond donors (Lipinski definition) is 2. The van der Waals surface area contributed by atoms with Gasteiger partial charge < -0.3 is 19.8 Å². The Morgan fingerprint density at radius 3 is 2.39 bits per heavy atom. The molecule has 1 aromatic heterocycles. The number of rotatable bonds is 4. The summed E-state index contributed by atoms with van der Waals surface area (Å²) in [5.74, 6) is -2.26. The molecule has 1 aliphatic heterocycles. The number of aryl methyl sites for hydroxylation is 1. The summed E-state index contributed by atoms with van der Waals surface area (Å²) in [6, 6.07) is 6.91. The zero-order valence-corrected chi connectivity index (χ0v) is 18.3. The normalized spacial score (nSPS) is 15.5. The number of aromatic nitrogens is 1. The molecule has 3 rings (SSSR count). The molecule has 9 heteroatoms. The number of benzene rings is 1. The summed E-state index contributed by atoms with van der Waals surface area (Å²) in [5, 5.41) is 2.78. The third-order valence-corrected chi connectivity index (χ3v) is 5.39. The maximum Gasteiger partial charge on any atom is 0.355 e. The molecule has 0 radical (unpaired) electrons. The molecule has 2 heterocycles. The second-order valence-corrected chi connectivity index (χ2v) is 7.87. The van der Waals surface area contributed by atoms with Crippen LogP contribution in [0, 0.1) is 13.8 Å². The molecule has 164 valence electrons. The summed E-state index contributed by atoms with van der Waals surface area (Å²) >= 11 is 0. The molecule has 0 bridgehead atoms. The van der Waals surface area contributed by atoms with Crippen LogP contribution in [0.25, 0.3) is 0 Å². The fraction of sp³-hybridized carbons (Fsp3) is 0.364. The van der Waals surface area contributed by atoms with Gasteiger partial charge in [-0.25, -0.2) is 9.59 Å². The summed E-state index contributed by atoms with van der Waals surface area (Å²) in [7, 11) is 1.25. The number of para-hydroxylation sites is 2. The summed E-state index contributed by atoms with van der Waals surface area (Å²) in [4.78, 5) is 54.7. The number of ether oxygens (including phenoxy) is 2. The van der Waals surface area contributed by atoms with Crippen LogP contribution in [0.15, 0.2) is 24.3 Å². The Bertz CT molecular complexity index is 1080. The van der Waals surface area contributed by atoms with Crippen molar-refractivity contribution in [1.82, 2.24) is 4.98 Å². The maximum atomic E-state index is 13.3. The lowest BCUT2D eigenvalue weighted by atomic mass is 9.95. The summed E-state index contributed by atoms with van der Waals surface area (Å²) in [6.07, 6.45) is -1.18. The number of carbonyl (C=O) groups is 4. The lowest BCUT2D eigenvalue weighted by Gasteiger charge is -2.42. The largest absolute Gasteiger partial charge is 0.465 e.